The molecule has 0 fully saturated rings. The van der Waals surface area contributed by atoms with Gasteiger partial charge in [0.2, 0.25) is 0 Å². The third kappa shape index (κ3) is 1.79. The van der Waals surface area contributed by atoms with Crippen molar-refractivity contribution < 1.29 is 0 Å². The van der Waals surface area contributed by atoms with E-state index in [0.717, 1.165) is 24.7 Å². The number of rotatable bonds is 0. The van der Waals surface area contributed by atoms with Gasteiger partial charge in [-0.25, -0.2) is 0 Å². The standard InChI is InChI=1S/C10H13ClN2/c1-13-7-12-5-4-8-2-3-9(11)6-10(8)13/h2-3,6,12H,4-5,7H2,1H3. The summed E-state index contributed by atoms with van der Waals surface area (Å²) in [6.45, 7) is 1.94. The first-order chi connectivity index (χ1) is 6.27. The van der Waals surface area contributed by atoms with Gasteiger partial charge < -0.3 is 4.90 Å². The SMILES string of the molecule is CN1CNCCc2ccc(Cl)cc21. The number of anilines is 1. The molecule has 0 radical (unpaired) electrons. The number of fused-ring (bicyclic) bond motifs is 1. The largest absolute Gasteiger partial charge is 0.362 e. The van der Waals surface area contributed by atoms with Crippen molar-refractivity contribution >= 4 is 17.3 Å². The Morgan fingerprint density at radius 3 is 3.15 bits per heavy atom. The molecule has 0 amide bonds. The summed E-state index contributed by atoms with van der Waals surface area (Å²) in [5.74, 6) is 0. The van der Waals surface area contributed by atoms with Crippen molar-refractivity contribution in [3.63, 3.8) is 0 Å². The lowest BCUT2D eigenvalue weighted by atomic mass is 10.1. The zero-order valence-electron chi connectivity index (χ0n) is 7.68. The van der Waals surface area contributed by atoms with Crippen LogP contribution in [0.2, 0.25) is 5.02 Å². The van der Waals surface area contributed by atoms with E-state index in [0.29, 0.717) is 0 Å². The lowest BCUT2D eigenvalue weighted by Crippen LogP contribution is -2.29. The van der Waals surface area contributed by atoms with E-state index in [1.54, 1.807) is 0 Å². The van der Waals surface area contributed by atoms with Crippen LogP contribution in [0.1, 0.15) is 5.56 Å². The summed E-state index contributed by atoms with van der Waals surface area (Å²) in [5, 5.41) is 4.16. The molecule has 1 N–H and O–H groups in total. The lowest BCUT2D eigenvalue weighted by Gasteiger charge is -2.19. The molecule has 1 aliphatic heterocycles. The van der Waals surface area contributed by atoms with Crippen LogP contribution in [0.5, 0.6) is 0 Å². The molecule has 2 nitrogen and oxygen atoms in total. The predicted octanol–water partition coefficient (Wildman–Crippen LogP) is 1.88. The zero-order valence-corrected chi connectivity index (χ0v) is 8.43. The second kappa shape index (κ2) is 3.56. The monoisotopic (exact) mass is 196 g/mol. The Morgan fingerprint density at radius 2 is 2.31 bits per heavy atom. The normalized spacial score (nSPS) is 16.6. The molecule has 0 bridgehead atoms. The maximum atomic E-state index is 5.95. The predicted molar refractivity (Wildman–Crippen MR) is 56.4 cm³/mol. The van der Waals surface area contributed by atoms with E-state index in [4.69, 9.17) is 11.6 Å². The van der Waals surface area contributed by atoms with Crippen molar-refractivity contribution in [1.29, 1.82) is 0 Å². The maximum absolute atomic E-state index is 5.95. The Bertz CT molecular complexity index is 312. The van der Waals surface area contributed by atoms with Crippen LogP contribution in [0.15, 0.2) is 18.2 Å². The van der Waals surface area contributed by atoms with Gasteiger partial charge in [-0.15, -0.1) is 0 Å². The average Bonchev–Trinajstić information content (AvgIpc) is 2.29. The quantitative estimate of drug-likeness (QED) is 0.682. The van der Waals surface area contributed by atoms with Crippen molar-refractivity contribution in [2.75, 3.05) is 25.2 Å². The van der Waals surface area contributed by atoms with Crippen LogP contribution in [0.3, 0.4) is 0 Å². The Morgan fingerprint density at radius 1 is 1.46 bits per heavy atom. The molecular weight excluding hydrogens is 184 g/mol. The van der Waals surface area contributed by atoms with E-state index in [-0.39, 0.29) is 0 Å². The van der Waals surface area contributed by atoms with Gasteiger partial charge in [-0.05, 0) is 24.1 Å². The lowest BCUT2D eigenvalue weighted by molar-refractivity contribution is 0.699. The molecule has 70 valence electrons. The van der Waals surface area contributed by atoms with E-state index in [9.17, 15) is 0 Å². The van der Waals surface area contributed by atoms with Gasteiger partial charge in [0, 0.05) is 24.3 Å². The molecule has 0 saturated carbocycles. The first-order valence-corrected chi connectivity index (χ1v) is 4.85. The molecule has 1 aromatic rings. The van der Waals surface area contributed by atoms with Gasteiger partial charge in [0.15, 0.2) is 0 Å². The van der Waals surface area contributed by atoms with Gasteiger partial charge in [0.1, 0.15) is 0 Å². The number of benzene rings is 1. The highest BCUT2D eigenvalue weighted by atomic mass is 35.5. The third-order valence-corrected chi connectivity index (χ3v) is 2.61. The first kappa shape index (κ1) is 8.85. The third-order valence-electron chi connectivity index (χ3n) is 2.38. The average molecular weight is 197 g/mol. The first-order valence-electron chi connectivity index (χ1n) is 4.47. The highest BCUT2D eigenvalue weighted by molar-refractivity contribution is 6.30. The Balaban J connectivity index is 2.43. The summed E-state index contributed by atoms with van der Waals surface area (Å²) in [6, 6.07) is 6.10. The zero-order chi connectivity index (χ0) is 9.26. The van der Waals surface area contributed by atoms with Crippen molar-refractivity contribution in [2.24, 2.45) is 0 Å². The summed E-state index contributed by atoms with van der Waals surface area (Å²) in [6.07, 6.45) is 1.08. The molecule has 1 aromatic carbocycles. The molecular formula is C10H13ClN2. The Hall–Kier alpha value is -0.730. The number of nitrogens with zero attached hydrogens (tertiary/aromatic N) is 1. The number of nitrogens with one attached hydrogen (secondary N) is 1. The molecule has 2 rings (SSSR count). The highest BCUT2D eigenvalue weighted by Gasteiger charge is 2.11. The van der Waals surface area contributed by atoms with E-state index >= 15 is 0 Å². The van der Waals surface area contributed by atoms with E-state index in [1.807, 2.05) is 12.1 Å². The summed E-state index contributed by atoms with van der Waals surface area (Å²) in [7, 11) is 2.08. The van der Waals surface area contributed by atoms with Crippen molar-refractivity contribution in [1.82, 2.24) is 5.32 Å². The number of hydrogen-bond acceptors (Lipinski definition) is 2. The molecule has 0 unspecified atom stereocenters. The van der Waals surface area contributed by atoms with Crippen LogP contribution < -0.4 is 10.2 Å². The van der Waals surface area contributed by atoms with E-state index < -0.39 is 0 Å². The van der Waals surface area contributed by atoms with Gasteiger partial charge in [-0.1, -0.05) is 17.7 Å². The number of halogens is 1. The smallest absolute Gasteiger partial charge is 0.0679 e. The fourth-order valence-electron chi connectivity index (χ4n) is 1.66. The number of hydrogen-bond donors (Lipinski definition) is 1. The van der Waals surface area contributed by atoms with Gasteiger partial charge in [0.25, 0.3) is 0 Å². The molecule has 0 spiro atoms. The van der Waals surface area contributed by atoms with Gasteiger partial charge >= 0.3 is 0 Å². The molecule has 0 aliphatic carbocycles. The molecule has 1 aliphatic rings. The van der Waals surface area contributed by atoms with E-state index in [2.05, 4.69) is 23.3 Å². The second-order valence-corrected chi connectivity index (χ2v) is 3.82. The maximum Gasteiger partial charge on any atom is 0.0679 e. The fourth-order valence-corrected chi connectivity index (χ4v) is 1.83. The summed E-state index contributed by atoms with van der Waals surface area (Å²) in [4.78, 5) is 2.19. The van der Waals surface area contributed by atoms with Crippen LogP contribution in [-0.4, -0.2) is 20.3 Å². The summed E-state index contributed by atoms with van der Waals surface area (Å²) < 4.78 is 0. The van der Waals surface area contributed by atoms with Crippen LogP contribution in [0.4, 0.5) is 5.69 Å². The van der Waals surface area contributed by atoms with Crippen LogP contribution in [0, 0.1) is 0 Å². The molecule has 1 heterocycles. The second-order valence-electron chi connectivity index (χ2n) is 3.38. The molecule has 0 aromatic heterocycles. The topological polar surface area (TPSA) is 15.3 Å². The van der Waals surface area contributed by atoms with Crippen LogP contribution in [-0.2, 0) is 6.42 Å². The minimum absolute atomic E-state index is 0.813. The highest BCUT2D eigenvalue weighted by Crippen LogP contribution is 2.25. The van der Waals surface area contributed by atoms with E-state index in [1.165, 1.54) is 11.3 Å². The minimum atomic E-state index is 0.813. The van der Waals surface area contributed by atoms with Crippen molar-refractivity contribution in [3.05, 3.63) is 28.8 Å². The summed E-state index contributed by atoms with van der Waals surface area (Å²) in [5.41, 5.74) is 2.62. The Labute approximate surface area is 83.5 Å². The van der Waals surface area contributed by atoms with Crippen LogP contribution in [0.25, 0.3) is 0 Å². The van der Waals surface area contributed by atoms with Gasteiger partial charge in [-0.3, -0.25) is 5.32 Å². The molecule has 3 heteroatoms. The summed E-state index contributed by atoms with van der Waals surface area (Å²) >= 11 is 5.95. The molecule has 13 heavy (non-hydrogen) atoms. The van der Waals surface area contributed by atoms with Crippen molar-refractivity contribution in [2.45, 2.75) is 6.42 Å². The van der Waals surface area contributed by atoms with Gasteiger partial charge in [-0.2, -0.15) is 0 Å². The van der Waals surface area contributed by atoms with Crippen molar-refractivity contribution in [3.8, 4) is 0 Å². The molecule has 0 atom stereocenters. The van der Waals surface area contributed by atoms with Crippen LogP contribution >= 0.6 is 11.6 Å². The Kier molecular flexibility index (Phi) is 2.42. The van der Waals surface area contributed by atoms with Gasteiger partial charge in [0.05, 0.1) is 6.67 Å². The molecule has 0 saturated heterocycles. The minimum Gasteiger partial charge on any atom is -0.362 e. The fraction of sp³-hybridized carbons (Fsp3) is 0.400.